The molecule has 0 radical (unpaired) electrons. The minimum absolute atomic E-state index is 0.0141. The highest BCUT2D eigenvalue weighted by Gasteiger charge is 2.16. The van der Waals surface area contributed by atoms with Gasteiger partial charge in [0.2, 0.25) is 5.91 Å². The summed E-state index contributed by atoms with van der Waals surface area (Å²) in [6.45, 7) is 4.00. The van der Waals surface area contributed by atoms with Gasteiger partial charge in [-0.15, -0.1) is 0 Å². The number of benzene rings is 3. The molecule has 0 unspecified atom stereocenters. The van der Waals surface area contributed by atoms with Crippen molar-refractivity contribution in [2.45, 2.75) is 26.3 Å². The summed E-state index contributed by atoms with van der Waals surface area (Å²) in [5, 5.41) is 3.00. The van der Waals surface area contributed by atoms with Gasteiger partial charge in [0.25, 0.3) is 0 Å². The fourth-order valence-electron chi connectivity index (χ4n) is 3.68. The molecule has 1 amide bonds. The van der Waals surface area contributed by atoms with Gasteiger partial charge in [-0.1, -0.05) is 54.1 Å². The number of amides is 1. The standard InChI is InChI=1S/C24H24N2O/c1-18-5-4-6-19(15-18)16-24(27)25-22-9-11-23(12-10-22)26-14-13-20-7-2-3-8-21(20)17-26/h2-12,15H,13-14,16-17H2,1H3,(H,25,27). The minimum Gasteiger partial charge on any atom is -0.367 e. The third kappa shape index (κ3) is 4.20. The summed E-state index contributed by atoms with van der Waals surface area (Å²) < 4.78 is 0. The molecule has 3 nitrogen and oxygen atoms in total. The zero-order chi connectivity index (χ0) is 18.6. The van der Waals surface area contributed by atoms with Crippen LogP contribution in [0.5, 0.6) is 0 Å². The molecule has 136 valence electrons. The Hall–Kier alpha value is -3.07. The molecule has 1 aliphatic rings. The highest BCUT2D eigenvalue weighted by Crippen LogP contribution is 2.25. The van der Waals surface area contributed by atoms with E-state index in [1.54, 1.807) is 0 Å². The smallest absolute Gasteiger partial charge is 0.228 e. The fourth-order valence-corrected chi connectivity index (χ4v) is 3.68. The minimum atomic E-state index is 0.0141. The largest absolute Gasteiger partial charge is 0.367 e. The summed E-state index contributed by atoms with van der Waals surface area (Å²) in [5.74, 6) is 0.0141. The number of hydrogen-bond donors (Lipinski definition) is 1. The van der Waals surface area contributed by atoms with Gasteiger partial charge in [0.15, 0.2) is 0 Å². The Balaban J connectivity index is 1.38. The number of fused-ring (bicyclic) bond motifs is 1. The van der Waals surface area contributed by atoms with Crippen molar-refractivity contribution in [3.05, 3.63) is 95.1 Å². The van der Waals surface area contributed by atoms with Gasteiger partial charge in [-0.25, -0.2) is 0 Å². The Morgan fingerprint density at radius 2 is 1.74 bits per heavy atom. The average Bonchev–Trinajstić information content (AvgIpc) is 2.68. The maximum Gasteiger partial charge on any atom is 0.228 e. The van der Waals surface area contributed by atoms with Crippen molar-refractivity contribution in [3.8, 4) is 0 Å². The number of hydrogen-bond acceptors (Lipinski definition) is 2. The Morgan fingerprint density at radius 1 is 0.963 bits per heavy atom. The van der Waals surface area contributed by atoms with E-state index < -0.39 is 0 Å². The van der Waals surface area contributed by atoms with Crippen LogP contribution in [-0.2, 0) is 24.2 Å². The first-order valence-corrected chi connectivity index (χ1v) is 9.44. The van der Waals surface area contributed by atoms with Gasteiger partial charge in [0.05, 0.1) is 6.42 Å². The third-order valence-electron chi connectivity index (χ3n) is 5.09. The predicted molar refractivity (Wildman–Crippen MR) is 111 cm³/mol. The first kappa shape index (κ1) is 17.3. The molecule has 3 heteroatoms. The Morgan fingerprint density at radius 3 is 2.52 bits per heavy atom. The first-order valence-electron chi connectivity index (χ1n) is 9.44. The fraction of sp³-hybridized carbons (Fsp3) is 0.208. The number of nitrogens with zero attached hydrogens (tertiary/aromatic N) is 1. The lowest BCUT2D eigenvalue weighted by Crippen LogP contribution is -2.30. The van der Waals surface area contributed by atoms with Crippen molar-refractivity contribution in [2.75, 3.05) is 16.8 Å². The van der Waals surface area contributed by atoms with Crippen LogP contribution in [0.4, 0.5) is 11.4 Å². The summed E-state index contributed by atoms with van der Waals surface area (Å²) >= 11 is 0. The van der Waals surface area contributed by atoms with Crippen LogP contribution in [0.2, 0.25) is 0 Å². The molecule has 0 fully saturated rings. The van der Waals surface area contributed by atoms with Gasteiger partial charge in [0, 0.05) is 24.5 Å². The molecular formula is C24H24N2O. The molecular weight excluding hydrogens is 332 g/mol. The summed E-state index contributed by atoms with van der Waals surface area (Å²) in [5.41, 5.74) is 7.10. The molecule has 0 aromatic heterocycles. The van der Waals surface area contributed by atoms with E-state index in [0.717, 1.165) is 30.8 Å². The van der Waals surface area contributed by atoms with Crippen LogP contribution in [0.15, 0.2) is 72.8 Å². The van der Waals surface area contributed by atoms with E-state index in [2.05, 4.69) is 52.7 Å². The quantitative estimate of drug-likeness (QED) is 0.732. The molecule has 0 saturated carbocycles. The maximum atomic E-state index is 12.3. The third-order valence-corrected chi connectivity index (χ3v) is 5.09. The number of carbonyl (C=O) groups excluding carboxylic acids is 1. The Kier molecular flexibility index (Phi) is 4.93. The summed E-state index contributed by atoms with van der Waals surface area (Å²) in [6.07, 6.45) is 1.47. The molecule has 27 heavy (non-hydrogen) atoms. The number of rotatable bonds is 4. The van der Waals surface area contributed by atoms with Crippen LogP contribution in [0.25, 0.3) is 0 Å². The van der Waals surface area contributed by atoms with Crippen LogP contribution in [0, 0.1) is 6.92 Å². The highest BCUT2D eigenvalue weighted by atomic mass is 16.1. The zero-order valence-electron chi connectivity index (χ0n) is 15.6. The summed E-state index contributed by atoms with van der Waals surface area (Å²) in [4.78, 5) is 14.7. The van der Waals surface area contributed by atoms with Crippen LogP contribution >= 0.6 is 0 Å². The highest BCUT2D eigenvalue weighted by molar-refractivity contribution is 5.92. The summed E-state index contributed by atoms with van der Waals surface area (Å²) in [7, 11) is 0. The normalized spacial score (nSPS) is 13.1. The molecule has 1 N–H and O–H groups in total. The second-order valence-corrected chi connectivity index (χ2v) is 7.20. The van der Waals surface area contributed by atoms with Gasteiger partial charge >= 0.3 is 0 Å². The lowest BCUT2D eigenvalue weighted by atomic mass is 9.99. The lowest BCUT2D eigenvalue weighted by molar-refractivity contribution is -0.115. The maximum absolute atomic E-state index is 12.3. The van der Waals surface area contributed by atoms with Crippen molar-refractivity contribution in [2.24, 2.45) is 0 Å². The van der Waals surface area contributed by atoms with E-state index in [4.69, 9.17) is 0 Å². The molecule has 1 heterocycles. The molecule has 0 saturated heterocycles. The van der Waals surface area contributed by atoms with E-state index >= 15 is 0 Å². The first-order chi connectivity index (χ1) is 13.2. The number of anilines is 2. The second-order valence-electron chi connectivity index (χ2n) is 7.20. The molecule has 4 rings (SSSR count). The predicted octanol–water partition coefficient (Wildman–Crippen LogP) is 4.74. The zero-order valence-corrected chi connectivity index (χ0v) is 15.6. The monoisotopic (exact) mass is 356 g/mol. The van der Waals surface area contributed by atoms with Crippen LogP contribution in [-0.4, -0.2) is 12.5 Å². The SMILES string of the molecule is Cc1cccc(CC(=O)Nc2ccc(N3CCc4ccccc4C3)cc2)c1. The van der Waals surface area contributed by atoms with E-state index in [9.17, 15) is 4.79 Å². The number of carbonyl (C=O) groups is 1. The molecule has 0 spiro atoms. The van der Waals surface area contributed by atoms with Gasteiger partial charge in [-0.05, 0) is 54.3 Å². The van der Waals surface area contributed by atoms with Crippen LogP contribution < -0.4 is 10.2 Å². The van der Waals surface area contributed by atoms with Gasteiger partial charge in [0.1, 0.15) is 0 Å². The Labute approximate surface area is 160 Å². The molecule has 1 aliphatic heterocycles. The van der Waals surface area contributed by atoms with Crippen molar-refractivity contribution in [3.63, 3.8) is 0 Å². The van der Waals surface area contributed by atoms with E-state index in [0.29, 0.717) is 6.42 Å². The van der Waals surface area contributed by atoms with E-state index in [-0.39, 0.29) is 5.91 Å². The van der Waals surface area contributed by atoms with Gasteiger partial charge in [-0.2, -0.15) is 0 Å². The molecule has 0 aliphatic carbocycles. The van der Waals surface area contributed by atoms with Crippen LogP contribution in [0.1, 0.15) is 22.3 Å². The molecule has 0 atom stereocenters. The van der Waals surface area contributed by atoms with Crippen molar-refractivity contribution in [1.82, 2.24) is 0 Å². The van der Waals surface area contributed by atoms with E-state index in [1.165, 1.54) is 22.4 Å². The topological polar surface area (TPSA) is 32.3 Å². The molecule has 3 aromatic carbocycles. The van der Waals surface area contributed by atoms with Gasteiger partial charge < -0.3 is 10.2 Å². The van der Waals surface area contributed by atoms with Gasteiger partial charge in [-0.3, -0.25) is 4.79 Å². The van der Waals surface area contributed by atoms with E-state index in [1.807, 2.05) is 37.3 Å². The van der Waals surface area contributed by atoms with Crippen molar-refractivity contribution in [1.29, 1.82) is 0 Å². The second kappa shape index (κ2) is 7.67. The summed E-state index contributed by atoms with van der Waals surface area (Å²) in [6, 6.07) is 24.9. The van der Waals surface area contributed by atoms with Crippen LogP contribution in [0.3, 0.4) is 0 Å². The Bertz CT molecular complexity index is 947. The van der Waals surface area contributed by atoms with Crippen molar-refractivity contribution >= 4 is 17.3 Å². The number of nitrogens with one attached hydrogen (secondary N) is 1. The lowest BCUT2D eigenvalue weighted by Gasteiger charge is -2.30. The molecule has 3 aromatic rings. The number of aryl methyl sites for hydroxylation is 1. The average molecular weight is 356 g/mol. The molecule has 0 bridgehead atoms. The van der Waals surface area contributed by atoms with Crippen molar-refractivity contribution < 1.29 is 4.79 Å².